The van der Waals surface area contributed by atoms with Gasteiger partial charge in [-0.05, 0) is 35.6 Å². The van der Waals surface area contributed by atoms with Crippen molar-refractivity contribution >= 4 is 7.98 Å². The molecule has 4 fully saturated rings. The van der Waals surface area contributed by atoms with Gasteiger partial charge in [0.2, 0.25) is 0 Å². The Morgan fingerprint density at radius 1 is 0.714 bits per heavy atom. The predicted octanol–water partition coefficient (Wildman–Crippen LogP) is 6.10. The first-order valence-electron chi connectivity index (χ1n) is 15.1. The summed E-state index contributed by atoms with van der Waals surface area (Å²) in [6, 6.07) is 34.0. The molecule has 2 unspecified atom stereocenters. The van der Waals surface area contributed by atoms with Crippen LogP contribution in [0.1, 0.15) is 29.5 Å². The summed E-state index contributed by atoms with van der Waals surface area (Å²) in [7, 11) is 6.70. The van der Waals surface area contributed by atoms with E-state index >= 15 is 0 Å². The van der Waals surface area contributed by atoms with Crippen LogP contribution in [-0.4, -0.2) is 52.9 Å². The maximum Gasteiger partial charge on any atom is 0.481 e. The number of benzene rings is 3. The Morgan fingerprint density at radius 3 is 1.83 bits per heavy atom. The average Bonchev–Trinajstić information content (AvgIpc) is 3.51. The fourth-order valence-corrected chi connectivity index (χ4v) is 8.36. The van der Waals surface area contributed by atoms with E-state index in [9.17, 15) is 0 Å². The summed E-state index contributed by atoms with van der Waals surface area (Å²) >= 11 is 0. The Bertz CT molecular complexity index is 1580. The third-order valence-electron chi connectivity index (χ3n) is 9.84. The molecule has 2 radical (unpaired) electrons. The molecule has 3 aliphatic heterocycles. The summed E-state index contributed by atoms with van der Waals surface area (Å²) in [5.74, 6) is 2.63. The van der Waals surface area contributed by atoms with Crippen LogP contribution in [0.4, 0.5) is 0 Å². The number of ether oxygens (including phenoxy) is 1. The summed E-state index contributed by atoms with van der Waals surface area (Å²) in [6.45, 7) is 3.19. The van der Waals surface area contributed by atoms with E-state index in [0.717, 1.165) is 63.5 Å². The summed E-state index contributed by atoms with van der Waals surface area (Å²) in [4.78, 5) is 4.61. The minimum atomic E-state index is -0.652. The standard InChI is InChI=1S/C36H34BN4O/c37-41-23-26-16-28(24-41)35(29(17-26)25-41)42-34-18-27(19-38-21-34)30-20-39-40(22-30)36(31-10-4-1-5-11-31,32-12-6-2-7-13-32)33-14-8-3-9-15-33/h1-15,18-22,26,28-29,35H,16-17,23-25H2/q+1. The summed E-state index contributed by atoms with van der Waals surface area (Å²) < 4.78 is 9.57. The van der Waals surface area contributed by atoms with Gasteiger partial charge < -0.3 is 9.13 Å². The minimum Gasteiger partial charge on any atom is -0.488 e. The lowest BCUT2D eigenvalue weighted by atomic mass is 9.63. The third kappa shape index (κ3) is 4.20. The van der Waals surface area contributed by atoms with Crippen LogP contribution in [-0.2, 0) is 5.54 Å². The Hall–Kier alpha value is -4.16. The number of aromatic nitrogens is 3. The van der Waals surface area contributed by atoms with Gasteiger partial charge in [-0.25, -0.2) is 0 Å². The largest absolute Gasteiger partial charge is 0.488 e. The molecule has 0 spiro atoms. The molecule has 42 heavy (non-hydrogen) atoms. The van der Waals surface area contributed by atoms with E-state index < -0.39 is 5.54 Å². The summed E-state index contributed by atoms with van der Waals surface area (Å²) in [6.07, 6.45) is 10.5. The number of rotatable bonds is 7. The second-order valence-electron chi connectivity index (χ2n) is 12.6. The number of pyridine rings is 1. The quantitative estimate of drug-likeness (QED) is 0.182. The fraction of sp³-hybridized carbons (Fsp3) is 0.278. The van der Waals surface area contributed by atoms with Gasteiger partial charge in [0, 0.05) is 41.3 Å². The molecular weight excluding hydrogens is 515 g/mol. The van der Waals surface area contributed by atoms with Gasteiger partial charge in [0.25, 0.3) is 0 Å². The highest BCUT2D eigenvalue weighted by Gasteiger charge is 2.55. The van der Waals surface area contributed by atoms with Gasteiger partial charge in [-0.1, -0.05) is 91.0 Å². The molecule has 3 aromatic carbocycles. The molecule has 5 heterocycles. The second kappa shape index (κ2) is 9.99. The molecule has 9 rings (SSSR count). The zero-order chi connectivity index (χ0) is 28.1. The van der Waals surface area contributed by atoms with E-state index in [4.69, 9.17) is 17.8 Å². The molecule has 4 aliphatic rings. The highest BCUT2D eigenvalue weighted by Crippen LogP contribution is 2.48. The molecule has 0 N–H and O–H groups in total. The van der Waals surface area contributed by atoms with Gasteiger partial charge in [0.15, 0.2) is 0 Å². The second-order valence-corrected chi connectivity index (χ2v) is 12.6. The minimum absolute atomic E-state index is 0.220. The molecule has 5 nitrogen and oxygen atoms in total. The molecule has 5 aromatic rings. The number of quaternary nitrogens is 1. The first kappa shape index (κ1) is 25.5. The molecule has 2 aromatic heterocycles. The van der Waals surface area contributed by atoms with Crippen LogP contribution in [0.2, 0.25) is 0 Å². The molecule has 4 bridgehead atoms. The molecule has 2 atom stereocenters. The van der Waals surface area contributed by atoms with Crippen LogP contribution in [0.3, 0.4) is 0 Å². The van der Waals surface area contributed by atoms with Crippen molar-refractivity contribution in [1.82, 2.24) is 14.8 Å². The SMILES string of the molecule is [B][N+]12CC3CC(C1)C(Oc1cncc(-c4cnn(C(c5ccccc5)(c5ccccc5)c5ccccc5)c4)c1)C(C3)C2. The van der Waals surface area contributed by atoms with Crippen molar-refractivity contribution in [2.45, 2.75) is 24.5 Å². The molecule has 1 saturated carbocycles. The highest BCUT2D eigenvalue weighted by molar-refractivity contribution is 5.97. The maximum atomic E-state index is 6.73. The number of nitrogens with zero attached hydrogens (tertiary/aromatic N) is 4. The zero-order valence-electron chi connectivity index (χ0n) is 23.7. The van der Waals surface area contributed by atoms with E-state index in [0.29, 0.717) is 11.8 Å². The lowest BCUT2D eigenvalue weighted by Gasteiger charge is -2.59. The van der Waals surface area contributed by atoms with Gasteiger partial charge in [0.1, 0.15) is 17.4 Å². The van der Waals surface area contributed by atoms with E-state index in [1.807, 2.05) is 18.6 Å². The maximum absolute atomic E-state index is 6.73. The lowest BCUT2D eigenvalue weighted by molar-refractivity contribution is -0.852. The molecular formula is C36H34BN4O+. The van der Waals surface area contributed by atoms with Gasteiger partial charge in [-0.3, -0.25) is 9.67 Å². The van der Waals surface area contributed by atoms with Crippen molar-refractivity contribution in [2.75, 3.05) is 19.6 Å². The van der Waals surface area contributed by atoms with E-state index in [1.54, 1.807) is 0 Å². The highest BCUT2D eigenvalue weighted by atomic mass is 16.5. The van der Waals surface area contributed by atoms with E-state index in [1.165, 1.54) is 12.8 Å². The third-order valence-corrected chi connectivity index (χ3v) is 9.84. The van der Waals surface area contributed by atoms with Gasteiger partial charge in [0.05, 0.1) is 32.0 Å². The van der Waals surface area contributed by atoms with Crippen LogP contribution >= 0.6 is 0 Å². The smallest absolute Gasteiger partial charge is 0.481 e. The monoisotopic (exact) mass is 549 g/mol. The number of hydrogen-bond donors (Lipinski definition) is 0. The Balaban J connectivity index is 1.18. The van der Waals surface area contributed by atoms with Crippen LogP contribution in [0.15, 0.2) is 122 Å². The van der Waals surface area contributed by atoms with Crippen LogP contribution in [0, 0.1) is 17.8 Å². The number of hydrogen-bond acceptors (Lipinski definition) is 3. The molecule has 0 amide bonds. The average molecular weight is 550 g/mol. The van der Waals surface area contributed by atoms with Crippen LogP contribution < -0.4 is 4.74 Å². The zero-order valence-corrected chi connectivity index (χ0v) is 23.7. The molecule has 206 valence electrons. The van der Waals surface area contributed by atoms with Crippen molar-refractivity contribution in [1.29, 1.82) is 0 Å². The predicted molar refractivity (Wildman–Crippen MR) is 165 cm³/mol. The summed E-state index contributed by atoms with van der Waals surface area (Å²) in [5.41, 5.74) is 4.78. The van der Waals surface area contributed by atoms with Crippen LogP contribution in [0.5, 0.6) is 5.75 Å². The van der Waals surface area contributed by atoms with Crippen molar-refractivity contribution in [2.24, 2.45) is 17.8 Å². The fourth-order valence-electron chi connectivity index (χ4n) is 8.36. The molecule has 1 aliphatic carbocycles. The first-order chi connectivity index (χ1) is 20.6. The number of piperidine rings is 3. The van der Waals surface area contributed by atoms with E-state index in [2.05, 4.69) is 113 Å². The topological polar surface area (TPSA) is 39.9 Å². The first-order valence-corrected chi connectivity index (χ1v) is 15.1. The van der Waals surface area contributed by atoms with Gasteiger partial charge >= 0.3 is 7.98 Å². The normalized spacial score (nSPS) is 26.3. The van der Waals surface area contributed by atoms with E-state index in [-0.39, 0.29) is 6.10 Å². The Morgan fingerprint density at radius 2 is 1.29 bits per heavy atom. The van der Waals surface area contributed by atoms with Gasteiger partial charge in [-0.15, -0.1) is 0 Å². The Labute approximate surface area is 248 Å². The van der Waals surface area contributed by atoms with Crippen molar-refractivity contribution < 1.29 is 9.13 Å². The van der Waals surface area contributed by atoms with Crippen molar-refractivity contribution in [3.05, 3.63) is 139 Å². The summed E-state index contributed by atoms with van der Waals surface area (Å²) in [5, 5.41) is 5.04. The molecule has 3 saturated heterocycles. The van der Waals surface area contributed by atoms with Crippen LogP contribution in [0.25, 0.3) is 11.1 Å². The lowest BCUT2D eigenvalue weighted by Crippen LogP contribution is -2.70. The van der Waals surface area contributed by atoms with Crippen molar-refractivity contribution in [3.8, 4) is 16.9 Å². The van der Waals surface area contributed by atoms with Gasteiger partial charge in [-0.2, -0.15) is 5.10 Å². The molecule has 6 heteroatoms. The van der Waals surface area contributed by atoms with Crippen molar-refractivity contribution in [3.63, 3.8) is 0 Å². The Kier molecular flexibility index (Phi) is 6.08.